The van der Waals surface area contributed by atoms with Gasteiger partial charge in [0.15, 0.2) is 5.71 Å². The van der Waals surface area contributed by atoms with Crippen LogP contribution in [0.3, 0.4) is 0 Å². The van der Waals surface area contributed by atoms with Crippen molar-refractivity contribution in [1.29, 1.82) is 0 Å². The number of hydrogen-bond donors (Lipinski definition) is 2. The van der Waals surface area contributed by atoms with Gasteiger partial charge in [-0.1, -0.05) is 38.6 Å². The van der Waals surface area contributed by atoms with Gasteiger partial charge in [0.1, 0.15) is 26.8 Å². The van der Waals surface area contributed by atoms with E-state index in [1.807, 2.05) is 0 Å². The standard InChI is InChI=1S/C45H54N4O14S4.3K/c1-30(2)42(50)46-22-7-23-47-43(51)33-12-10-31(11-13-33)32(14-20-40-44(3,4)36-28-34(66(58,59)60)16-18-38(36)48(40)24-8-26-64(52,53)54)15-21-41-45(5,6)37-29-35(67(61,62)63)17-19-39(37)49(41)25-9-27-65(55,56)57;;;/h10-21,28-29H,1,7-9,22-27H2,2-6H3,(H5-,46,47,50,51,52,53,54,55,56,57,58,59,60,61,62,63);;;/q;3*+1/p-3. The molecular formula is C45H51K3N4O14S4. The van der Waals surface area contributed by atoms with Gasteiger partial charge in [0.05, 0.1) is 35.4 Å². The molecule has 2 aliphatic heterocycles. The van der Waals surface area contributed by atoms with Gasteiger partial charge in [-0.2, -0.15) is 4.58 Å². The Bertz CT molecular complexity index is 3080. The maximum atomic E-state index is 13.1. The summed E-state index contributed by atoms with van der Waals surface area (Å²) in [5.74, 6) is -2.07. The minimum absolute atomic E-state index is 0. The molecule has 0 unspecified atom stereocenters. The van der Waals surface area contributed by atoms with Gasteiger partial charge in [-0.05, 0) is 105 Å². The third-order valence-electron chi connectivity index (χ3n) is 11.5. The number of anilines is 1. The van der Waals surface area contributed by atoms with Crippen molar-refractivity contribution >= 4 is 74.9 Å². The first kappa shape index (κ1) is 65.7. The molecular weight excluding hydrogens is 1070 g/mol. The predicted octanol–water partition coefficient (Wildman–Crippen LogP) is -5.11. The molecule has 3 aromatic carbocycles. The van der Waals surface area contributed by atoms with Crippen molar-refractivity contribution in [3.05, 3.63) is 125 Å². The van der Waals surface area contributed by atoms with E-state index < -0.39 is 78.5 Å². The molecule has 18 nitrogen and oxygen atoms in total. The van der Waals surface area contributed by atoms with Crippen molar-refractivity contribution in [3.63, 3.8) is 0 Å². The fourth-order valence-corrected chi connectivity index (χ4v) is 10.0. The number of allylic oxidation sites excluding steroid dienone is 6. The van der Waals surface area contributed by atoms with Crippen LogP contribution in [0.25, 0.3) is 5.57 Å². The van der Waals surface area contributed by atoms with Crippen LogP contribution in [-0.2, 0) is 56.1 Å². The molecule has 0 radical (unpaired) electrons. The number of nitrogens with zero attached hydrogens (tertiary/aromatic N) is 2. The molecule has 2 amide bonds. The van der Waals surface area contributed by atoms with Crippen molar-refractivity contribution in [2.24, 2.45) is 0 Å². The molecule has 3 aromatic rings. The Labute approximate surface area is 538 Å². The van der Waals surface area contributed by atoms with Gasteiger partial charge >= 0.3 is 154 Å². The van der Waals surface area contributed by atoms with E-state index in [4.69, 9.17) is 0 Å². The number of fused-ring (bicyclic) bond motifs is 2. The number of carbonyl (C=O) groups excluding carboxylic acids is 2. The molecule has 0 aliphatic carbocycles. The molecule has 2 aliphatic rings. The summed E-state index contributed by atoms with van der Waals surface area (Å²) in [6.07, 6.45) is 7.10. The zero-order valence-electron chi connectivity index (χ0n) is 40.4. The normalized spacial score (nSPS) is 15.9. The Morgan fingerprint density at radius 3 is 1.79 bits per heavy atom. The van der Waals surface area contributed by atoms with Gasteiger partial charge in [0, 0.05) is 83.2 Å². The maximum Gasteiger partial charge on any atom is 1.00 e. The van der Waals surface area contributed by atoms with E-state index in [2.05, 4.69) is 17.2 Å². The van der Waals surface area contributed by atoms with Gasteiger partial charge in [0.25, 0.3) is 5.91 Å². The molecule has 5 rings (SSSR count). The summed E-state index contributed by atoms with van der Waals surface area (Å²) in [4.78, 5) is 25.7. The van der Waals surface area contributed by atoms with Crippen LogP contribution in [0, 0.1) is 0 Å². The summed E-state index contributed by atoms with van der Waals surface area (Å²) in [6, 6.07) is 14.2. The Morgan fingerprint density at radius 1 is 0.700 bits per heavy atom. The molecule has 0 atom stereocenters. The van der Waals surface area contributed by atoms with Crippen LogP contribution < -0.4 is 170 Å². The molecule has 25 heteroatoms. The van der Waals surface area contributed by atoms with E-state index in [0.29, 0.717) is 69.1 Å². The third-order valence-corrected chi connectivity index (χ3v) is 14.7. The van der Waals surface area contributed by atoms with Crippen LogP contribution in [0.4, 0.5) is 11.4 Å². The monoisotopic (exact) mass is 1120 g/mol. The summed E-state index contributed by atoms with van der Waals surface area (Å²) < 4.78 is 144. The van der Waals surface area contributed by atoms with Crippen LogP contribution in [-0.4, -0.2) is 112 Å². The fourth-order valence-electron chi connectivity index (χ4n) is 8.05. The van der Waals surface area contributed by atoms with E-state index in [9.17, 15) is 61.5 Å². The van der Waals surface area contributed by atoms with Gasteiger partial charge in [-0.25, -0.2) is 33.7 Å². The number of carbonyl (C=O) groups is 2. The average Bonchev–Trinajstić information content (AvgIpc) is 3.56. The predicted molar refractivity (Wildman–Crippen MR) is 247 cm³/mol. The van der Waals surface area contributed by atoms with Crippen molar-refractivity contribution in [3.8, 4) is 0 Å². The van der Waals surface area contributed by atoms with Gasteiger partial charge in [-0.3, -0.25) is 9.59 Å². The quantitative estimate of drug-likeness (QED) is 0.0267. The van der Waals surface area contributed by atoms with Crippen molar-refractivity contribution in [1.82, 2.24) is 10.6 Å². The molecule has 0 saturated carbocycles. The Hall–Kier alpha value is -0.421. The number of rotatable bonds is 20. The first-order chi connectivity index (χ1) is 30.9. The number of amides is 2. The van der Waals surface area contributed by atoms with Gasteiger partial charge < -0.3 is 33.7 Å². The smallest absolute Gasteiger partial charge is 0.748 e. The minimum atomic E-state index is -4.88. The van der Waals surface area contributed by atoms with Crippen LogP contribution in [0.5, 0.6) is 0 Å². The van der Waals surface area contributed by atoms with E-state index >= 15 is 0 Å². The summed E-state index contributed by atoms with van der Waals surface area (Å²) in [5, 5.41) is 5.50. The molecule has 0 aromatic heterocycles. The van der Waals surface area contributed by atoms with Crippen LogP contribution in [0.1, 0.15) is 80.9 Å². The van der Waals surface area contributed by atoms with E-state index in [1.165, 1.54) is 24.3 Å². The summed E-state index contributed by atoms with van der Waals surface area (Å²) in [6.45, 7) is 12.9. The van der Waals surface area contributed by atoms with E-state index in [-0.39, 0.29) is 193 Å². The van der Waals surface area contributed by atoms with Crippen LogP contribution in [0.2, 0.25) is 0 Å². The molecule has 362 valence electrons. The Kier molecular flexibility index (Phi) is 24.9. The second kappa shape index (κ2) is 26.6. The molecule has 70 heavy (non-hydrogen) atoms. The third kappa shape index (κ3) is 17.3. The number of benzene rings is 3. The first-order valence-corrected chi connectivity index (χ1v) is 26.8. The zero-order valence-corrected chi connectivity index (χ0v) is 53.0. The Morgan fingerprint density at radius 2 is 1.23 bits per heavy atom. The topological polar surface area (TPSA) is 293 Å². The largest absolute Gasteiger partial charge is 1.00 e. The number of hydrogen-bond acceptors (Lipinski definition) is 15. The summed E-state index contributed by atoms with van der Waals surface area (Å²) in [7, 11) is -19.0. The van der Waals surface area contributed by atoms with Crippen molar-refractivity contribution in [2.45, 2.75) is 74.5 Å². The minimum Gasteiger partial charge on any atom is -0.748 e. The molecule has 2 N–H and O–H groups in total. The molecule has 0 bridgehead atoms. The van der Waals surface area contributed by atoms with Gasteiger partial charge in [-0.15, -0.1) is 0 Å². The summed E-state index contributed by atoms with van der Waals surface area (Å²) >= 11 is 0. The van der Waals surface area contributed by atoms with Crippen molar-refractivity contribution < 1.29 is 220 Å². The second-order valence-electron chi connectivity index (χ2n) is 17.2. The maximum absolute atomic E-state index is 13.1. The fraction of sp³-hybridized carbons (Fsp3) is 0.356. The summed E-state index contributed by atoms with van der Waals surface area (Å²) in [5.41, 5.74) is 2.59. The second-order valence-corrected chi connectivity index (χ2v) is 23.0. The van der Waals surface area contributed by atoms with Crippen molar-refractivity contribution in [2.75, 3.05) is 42.6 Å². The van der Waals surface area contributed by atoms with E-state index in [1.54, 1.807) is 92.7 Å². The van der Waals surface area contributed by atoms with Gasteiger partial charge in [0.2, 0.25) is 11.6 Å². The first-order valence-electron chi connectivity index (χ1n) is 20.9. The van der Waals surface area contributed by atoms with Crippen LogP contribution in [0.15, 0.2) is 113 Å². The SMILES string of the molecule is C=C(C)C(=O)NCCCNC(=O)c1ccc(C(=C\C=C2/N(CCCS(=O)(=O)[O-])c3ccc(S(=O)(=O)[O-])cc3C2(C)C)/C=C/C2=[N+](CCCS(=O)(=O)[O-])c3ccc(S(=O)(=O)[O-])cc3C2(C)C)cc1.[K+].[K+].[K+]. The Balaban J connectivity index is 0.00000560. The zero-order chi connectivity index (χ0) is 49.9. The molecule has 0 spiro atoms. The molecule has 0 saturated heterocycles. The molecule has 2 heterocycles. The number of nitrogens with one attached hydrogen (secondary N) is 2. The molecule has 0 fully saturated rings. The van der Waals surface area contributed by atoms with E-state index in [0.717, 1.165) is 12.1 Å². The van der Waals surface area contributed by atoms with Crippen LogP contribution >= 0.6 is 0 Å². The average molecular weight is 1120 g/mol.